The van der Waals surface area contributed by atoms with Gasteiger partial charge < -0.3 is 0 Å². The lowest BCUT2D eigenvalue weighted by Crippen LogP contribution is -2.15. The van der Waals surface area contributed by atoms with Crippen molar-refractivity contribution < 1.29 is 0 Å². The number of hydrogen-bond donors (Lipinski definition) is 0. The van der Waals surface area contributed by atoms with E-state index in [1.54, 1.807) is 0 Å². The molecule has 0 bridgehead atoms. The van der Waals surface area contributed by atoms with Gasteiger partial charge in [0.2, 0.25) is 0 Å². The summed E-state index contributed by atoms with van der Waals surface area (Å²) in [6.07, 6.45) is 5.27. The van der Waals surface area contributed by atoms with Crippen LogP contribution in [0.15, 0.2) is 12.2 Å². The summed E-state index contributed by atoms with van der Waals surface area (Å²) >= 11 is 3.50. The minimum absolute atomic E-state index is 0.875. The van der Waals surface area contributed by atoms with Gasteiger partial charge in [-0.15, -0.1) is 0 Å². The number of hydrogen-bond acceptors (Lipinski definition) is 0. The van der Waals surface area contributed by atoms with E-state index in [0.29, 0.717) is 0 Å². The Bertz CT molecular complexity index is 140. The third-order valence-corrected chi connectivity index (χ3v) is 2.93. The van der Waals surface area contributed by atoms with Crippen LogP contribution < -0.4 is 0 Å². The van der Waals surface area contributed by atoms with E-state index in [9.17, 15) is 0 Å². The zero-order valence-corrected chi connectivity index (χ0v) is 8.86. The van der Waals surface area contributed by atoms with E-state index >= 15 is 0 Å². The zero-order valence-electron chi connectivity index (χ0n) is 7.28. The highest BCUT2D eigenvalue weighted by Crippen LogP contribution is 2.33. The first kappa shape index (κ1) is 9.31. The smallest absolute Gasteiger partial charge is 0.00340 e. The molecule has 0 radical (unpaired) electrons. The van der Waals surface area contributed by atoms with Crippen molar-refractivity contribution in [2.75, 3.05) is 5.33 Å². The summed E-state index contributed by atoms with van der Waals surface area (Å²) in [6, 6.07) is 0. The average molecular weight is 217 g/mol. The average Bonchev–Trinajstić information content (AvgIpc) is 1.85. The molecular formula is C10H17Br. The fourth-order valence-corrected chi connectivity index (χ4v) is 2.74. The van der Waals surface area contributed by atoms with Gasteiger partial charge in [0, 0.05) is 5.33 Å². The monoisotopic (exact) mass is 216 g/mol. The van der Waals surface area contributed by atoms with E-state index in [1.165, 1.54) is 31.3 Å². The molecule has 1 aliphatic rings. The first-order valence-electron chi connectivity index (χ1n) is 4.45. The lowest BCUT2D eigenvalue weighted by Gasteiger charge is -2.27. The maximum Gasteiger partial charge on any atom is 0.00340 e. The number of allylic oxidation sites excluding steroid dienone is 1. The minimum Gasteiger partial charge on any atom is -0.0998 e. The highest BCUT2D eigenvalue weighted by Gasteiger charge is 2.20. The lowest BCUT2D eigenvalue weighted by atomic mass is 9.79. The minimum atomic E-state index is 0.875. The van der Waals surface area contributed by atoms with Gasteiger partial charge in [0.25, 0.3) is 0 Å². The summed E-state index contributed by atoms with van der Waals surface area (Å²) in [4.78, 5) is 0. The first-order valence-corrected chi connectivity index (χ1v) is 5.57. The van der Waals surface area contributed by atoms with Crippen molar-refractivity contribution in [3.8, 4) is 0 Å². The summed E-state index contributed by atoms with van der Waals surface area (Å²) in [5.74, 6) is 1.78. The van der Waals surface area contributed by atoms with E-state index in [0.717, 1.165) is 17.2 Å². The molecule has 64 valence electrons. The molecule has 0 N–H and O–H groups in total. The summed E-state index contributed by atoms with van der Waals surface area (Å²) in [5, 5.41) is 1.15. The largest absolute Gasteiger partial charge is 0.0998 e. The van der Waals surface area contributed by atoms with Crippen LogP contribution in [-0.2, 0) is 0 Å². The Morgan fingerprint density at radius 1 is 1.55 bits per heavy atom. The van der Waals surface area contributed by atoms with E-state index in [4.69, 9.17) is 0 Å². The van der Waals surface area contributed by atoms with Gasteiger partial charge in [-0.1, -0.05) is 35.0 Å². The fourth-order valence-electron chi connectivity index (χ4n) is 2.09. The molecule has 0 aromatic rings. The van der Waals surface area contributed by atoms with Crippen molar-refractivity contribution >= 4 is 15.9 Å². The van der Waals surface area contributed by atoms with Crippen molar-refractivity contribution in [1.82, 2.24) is 0 Å². The summed E-state index contributed by atoms with van der Waals surface area (Å²) in [7, 11) is 0. The van der Waals surface area contributed by atoms with Crippen LogP contribution in [0.2, 0.25) is 0 Å². The molecule has 0 spiro atoms. The van der Waals surface area contributed by atoms with Crippen molar-refractivity contribution in [2.24, 2.45) is 11.8 Å². The third-order valence-electron chi connectivity index (χ3n) is 2.47. The standard InChI is InChI=1S/C10H17Br/c1-8-5-9(2)7-10(6-8)3-4-11/h9-10H,1,3-7H2,2H3. The second-order valence-electron chi connectivity index (χ2n) is 3.84. The normalized spacial score (nSPS) is 32.4. The maximum atomic E-state index is 4.08. The molecule has 0 amide bonds. The molecule has 1 saturated carbocycles. The Kier molecular flexibility index (Phi) is 3.64. The van der Waals surface area contributed by atoms with E-state index < -0.39 is 0 Å². The Hall–Kier alpha value is 0.220. The van der Waals surface area contributed by atoms with Crippen LogP contribution >= 0.6 is 15.9 Å². The predicted molar refractivity (Wildman–Crippen MR) is 54.1 cm³/mol. The number of rotatable bonds is 2. The zero-order chi connectivity index (χ0) is 8.27. The topological polar surface area (TPSA) is 0 Å². The van der Waals surface area contributed by atoms with Crippen LogP contribution in [0.4, 0.5) is 0 Å². The maximum absolute atomic E-state index is 4.08. The van der Waals surface area contributed by atoms with Gasteiger partial charge in [0.1, 0.15) is 0 Å². The molecular weight excluding hydrogens is 200 g/mol. The molecule has 0 heterocycles. The Balaban J connectivity index is 2.36. The van der Waals surface area contributed by atoms with Crippen LogP contribution in [0.25, 0.3) is 0 Å². The summed E-state index contributed by atoms with van der Waals surface area (Å²) in [5.41, 5.74) is 1.47. The molecule has 1 heteroatoms. The highest BCUT2D eigenvalue weighted by molar-refractivity contribution is 9.09. The van der Waals surface area contributed by atoms with Gasteiger partial charge in [-0.3, -0.25) is 0 Å². The van der Waals surface area contributed by atoms with Crippen LogP contribution in [-0.4, -0.2) is 5.33 Å². The molecule has 0 nitrogen and oxygen atoms in total. The number of halogens is 1. The van der Waals surface area contributed by atoms with E-state index in [1.807, 2.05) is 0 Å². The van der Waals surface area contributed by atoms with E-state index in [2.05, 4.69) is 29.4 Å². The van der Waals surface area contributed by atoms with E-state index in [-0.39, 0.29) is 0 Å². The molecule has 0 saturated heterocycles. The van der Waals surface area contributed by atoms with Crippen LogP contribution in [0.5, 0.6) is 0 Å². The first-order chi connectivity index (χ1) is 5.22. The van der Waals surface area contributed by atoms with Crippen molar-refractivity contribution in [2.45, 2.75) is 32.6 Å². The molecule has 0 aliphatic heterocycles. The fraction of sp³-hybridized carbons (Fsp3) is 0.800. The Labute approximate surface area is 78.2 Å². The van der Waals surface area contributed by atoms with Crippen LogP contribution in [0.1, 0.15) is 32.6 Å². The second kappa shape index (κ2) is 4.30. The van der Waals surface area contributed by atoms with Crippen LogP contribution in [0.3, 0.4) is 0 Å². The van der Waals surface area contributed by atoms with Gasteiger partial charge >= 0.3 is 0 Å². The Morgan fingerprint density at radius 3 is 2.82 bits per heavy atom. The third kappa shape index (κ3) is 2.98. The van der Waals surface area contributed by atoms with Crippen molar-refractivity contribution in [3.05, 3.63) is 12.2 Å². The molecule has 0 aromatic heterocycles. The molecule has 11 heavy (non-hydrogen) atoms. The second-order valence-corrected chi connectivity index (χ2v) is 4.64. The molecule has 1 aliphatic carbocycles. The van der Waals surface area contributed by atoms with Crippen molar-refractivity contribution in [1.29, 1.82) is 0 Å². The van der Waals surface area contributed by atoms with Gasteiger partial charge in [-0.05, 0) is 37.5 Å². The molecule has 0 aromatic carbocycles. The van der Waals surface area contributed by atoms with Gasteiger partial charge in [0.15, 0.2) is 0 Å². The highest BCUT2D eigenvalue weighted by atomic mass is 79.9. The van der Waals surface area contributed by atoms with Gasteiger partial charge in [-0.2, -0.15) is 0 Å². The number of alkyl halides is 1. The SMILES string of the molecule is C=C1CC(C)CC(CCBr)C1. The van der Waals surface area contributed by atoms with Gasteiger partial charge in [0.05, 0.1) is 0 Å². The lowest BCUT2D eigenvalue weighted by molar-refractivity contribution is 0.332. The van der Waals surface area contributed by atoms with Crippen molar-refractivity contribution in [3.63, 3.8) is 0 Å². The Morgan fingerprint density at radius 2 is 2.27 bits per heavy atom. The molecule has 2 unspecified atom stereocenters. The summed E-state index contributed by atoms with van der Waals surface area (Å²) < 4.78 is 0. The summed E-state index contributed by atoms with van der Waals surface area (Å²) in [6.45, 7) is 6.42. The quantitative estimate of drug-likeness (QED) is 0.488. The van der Waals surface area contributed by atoms with Crippen LogP contribution in [0, 0.1) is 11.8 Å². The molecule has 2 atom stereocenters. The molecule has 1 rings (SSSR count). The molecule has 1 fully saturated rings. The van der Waals surface area contributed by atoms with Gasteiger partial charge in [-0.25, -0.2) is 0 Å². The predicted octanol–water partition coefficient (Wildman–Crippen LogP) is 3.76.